The zero-order chi connectivity index (χ0) is 14.4. The Morgan fingerprint density at radius 1 is 1.50 bits per heavy atom. The molecule has 1 fully saturated rings. The second-order valence-electron chi connectivity index (χ2n) is 4.46. The van der Waals surface area contributed by atoms with Crippen molar-refractivity contribution in [2.24, 2.45) is 5.73 Å². The summed E-state index contributed by atoms with van der Waals surface area (Å²) in [7, 11) is 0. The molecule has 1 heterocycles. The van der Waals surface area contributed by atoms with Gasteiger partial charge in [0.2, 0.25) is 0 Å². The molecule has 3 N–H and O–H groups in total. The van der Waals surface area contributed by atoms with Gasteiger partial charge in [-0.25, -0.2) is 0 Å². The van der Waals surface area contributed by atoms with Crippen LogP contribution in [0, 0.1) is 18.8 Å². The summed E-state index contributed by atoms with van der Waals surface area (Å²) in [6.45, 7) is 3.54. The van der Waals surface area contributed by atoms with Gasteiger partial charge in [0.15, 0.2) is 6.10 Å². The zero-order valence-corrected chi connectivity index (χ0v) is 11.4. The van der Waals surface area contributed by atoms with Gasteiger partial charge in [-0.2, -0.15) is 0 Å². The van der Waals surface area contributed by atoms with Gasteiger partial charge in [-0.05, 0) is 24.6 Å². The molecule has 1 saturated heterocycles. The number of nitrogens with one attached hydrogen (secondary N) is 1. The molecule has 1 aromatic rings. The number of ether oxygens (including phenoxy) is 2. The first-order valence-corrected chi connectivity index (χ1v) is 6.50. The predicted molar refractivity (Wildman–Crippen MR) is 76.3 cm³/mol. The smallest absolute Gasteiger partial charge is 0.255 e. The standard InChI is InChI=1S/C15H18N2O3/c1-11-4-5-13(9-12(11)3-2-6-16)17-15(18)14-10-19-7-8-20-14/h4-5,9,14H,6-8,10,16H2,1H3,(H,17,18). The monoisotopic (exact) mass is 274 g/mol. The molecular weight excluding hydrogens is 256 g/mol. The van der Waals surface area contributed by atoms with E-state index in [1.165, 1.54) is 0 Å². The fourth-order valence-corrected chi connectivity index (χ4v) is 1.84. The Kier molecular flexibility index (Phi) is 5.13. The van der Waals surface area contributed by atoms with Crippen molar-refractivity contribution < 1.29 is 14.3 Å². The Bertz CT molecular complexity index is 540. The molecule has 0 bridgehead atoms. The summed E-state index contributed by atoms with van der Waals surface area (Å²) in [5.74, 6) is 5.59. The highest BCUT2D eigenvalue weighted by atomic mass is 16.6. The van der Waals surface area contributed by atoms with Crippen LogP contribution in [-0.2, 0) is 14.3 Å². The largest absolute Gasteiger partial charge is 0.376 e. The number of hydrogen-bond donors (Lipinski definition) is 2. The molecule has 106 valence electrons. The van der Waals surface area contributed by atoms with Crippen LogP contribution in [0.15, 0.2) is 18.2 Å². The van der Waals surface area contributed by atoms with E-state index in [0.29, 0.717) is 25.4 Å². The maximum absolute atomic E-state index is 12.0. The Morgan fingerprint density at radius 3 is 3.05 bits per heavy atom. The summed E-state index contributed by atoms with van der Waals surface area (Å²) in [6.07, 6.45) is -0.552. The topological polar surface area (TPSA) is 73.6 Å². The summed E-state index contributed by atoms with van der Waals surface area (Å²) in [4.78, 5) is 12.0. The van der Waals surface area contributed by atoms with E-state index in [1.807, 2.05) is 25.1 Å². The Balaban J connectivity index is 2.07. The van der Waals surface area contributed by atoms with Crippen LogP contribution in [0.5, 0.6) is 0 Å². The lowest BCUT2D eigenvalue weighted by molar-refractivity contribution is -0.142. The van der Waals surface area contributed by atoms with Crippen molar-refractivity contribution in [2.45, 2.75) is 13.0 Å². The number of aryl methyl sites for hydroxylation is 1. The number of carbonyl (C=O) groups excluding carboxylic acids is 1. The second kappa shape index (κ2) is 7.06. The average Bonchev–Trinajstić information content (AvgIpc) is 2.48. The Hall–Kier alpha value is -1.87. The highest BCUT2D eigenvalue weighted by Crippen LogP contribution is 2.15. The second-order valence-corrected chi connectivity index (χ2v) is 4.46. The van der Waals surface area contributed by atoms with Crippen LogP contribution < -0.4 is 11.1 Å². The molecule has 0 aromatic heterocycles. The van der Waals surface area contributed by atoms with Crippen LogP contribution in [0.25, 0.3) is 0 Å². The number of rotatable bonds is 2. The molecule has 5 heteroatoms. The third kappa shape index (κ3) is 3.81. The van der Waals surface area contributed by atoms with Gasteiger partial charge < -0.3 is 20.5 Å². The quantitative estimate of drug-likeness (QED) is 0.777. The van der Waals surface area contributed by atoms with Crippen LogP contribution >= 0.6 is 0 Å². The number of carbonyl (C=O) groups is 1. The van der Waals surface area contributed by atoms with Crippen LogP contribution in [0.4, 0.5) is 5.69 Å². The summed E-state index contributed by atoms with van der Waals surface area (Å²) < 4.78 is 10.6. The third-order valence-electron chi connectivity index (χ3n) is 2.94. The first-order chi connectivity index (χ1) is 9.70. The Labute approximate surface area is 118 Å². The van der Waals surface area contributed by atoms with Crippen molar-refractivity contribution in [2.75, 3.05) is 31.7 Å². The maximum Gasteiger partial charge on any atom is 0.255 e. The molecule has 1 amide bonds. The molecule has 0 radical (unpaired) electrons. The van der Waals surface area contributed by atoms with Crippen molar-refractivity contribution in [3.63, 3.8) is 0 Å². The van der Waals surface area contributed by atoms with E-state index in [-0.39, 0.29) is 12.5 Å². The van der Waals surface area contributed by atoms with Gasteiger partial charge in [0.05, 0.1) is 26.4 Å². The molecule has 1 atom stereocenters. The van der Waals surface area contributed by atoms with Crippen LogP contribution in [0.2, 0.25) is 0 Å². The van der Waals surface area contributed by atoms with Crippen molar-refractivity contribution in [3.8, 4) is 11.8 Å². The van der Waals surface area contributed by atoms with E-state index >= 15 is 0 Å². The summed E-state index contributed by atoms with van der Waals surface area (Å²) in [6, 6.07) is 5.58. The van der Waals surface area contributed by atoms with E-state index in [9.17, 15) is 4.79 Å². The van der Waals surface area contributed by atoms with Crippen molar-refractivity contribution in [1.29, 1.82) is 0 Å². The maximum atomic E-state index is 12.0. The van der Waals surface area contributed by atoms with Gasteiger partial charge in [-0.15, -0.1) is 0 Å². The Morgan fingerprint density at radius 2 is 2.35 bits per heavy atom. The fourth-order valence-electron chi connectivity index (χ4n) is 1.84. The molecule has 1 aromatic carbocycles. The highest BCUT2D eigenvalue weighted by Gasteiger charge is 2.22. The zero-order valence-electron chi connectivity index (χ0n) is 11.4. The minimum absolute atomic E-state index is 0.203. The van der Waals surface area contributed by atoms with Crippen LogP contribution in [0.1, 0.15) is 11.1 Å². The molecule has 0 saturated carbocycles. The molecule has 2 rings (SSSR count). The van der Waals surface area contributed by atoms with Gasteiger partial charge in [0, 0.05) is 11.3 Å². The van der Waals surface area contributed by atoms with Gasteiger partial charge >= 0.3 is 0 Å². The molecule has 0 aliphatic carbocycles. The minimum Gasteiger partial charge on any atom is -0.376 e. The van der Waals surface area contributed by atoms with Crippen molar-refractivity contribution >= 4 is 11.6 Å². The van der Waals surface area contributed by atoms with Crippen molar-refractivity contribution in [1.82, 2.24) is 0 Å². The van der Waals surface area contributed by atoms with Crippen LogP contribution in [0.3, 0.4) is 0 Å². The molecule has 0 spiro atoms. The predicted octanol–water partition coefficient (Wildman–Crippen LogP) is 0.659. The third-order valence-corrected chi connectivity index (χ3v) is 2.94. The van der Waals surface area contributed by atoms with E-state index < -0.39 is 6.10 Å². The number of anilines is 1. The normalized spacial score (nSPS) is 18.0. The van der Waals surface area contributed by atoms with E-state index in [4.69, 9.17) is 15.2 Å². The molecule has 1 unspecified atom stereocenters. The molecule has 20 heavy (non-hydrogen) atoms. The number of benzene rings is 1. The van der Waals surface area contributed by atoms with E-state index in [1.54, 1.807) is 0 Å². The van der Waals surface area contributed by atoms with Crippen LogP contribution in [-0.4, -0.2) is 38.4 Å². The summed E-state index contributed by atoms with van der Waals surface area (Å²) in [5, 5.41) is 2.81. The SMILES string of the molecule is Cc1ccc(NC(=O)C2COCCO2)cc1C#CCN. The first-order valence-electron chi connectivity index (χ1n) is 6.50. The van der Waals surface area contributed by atoms with E-state index in [2.05, 4.69) is 17.2 Å². The fraction of sp³-hybridized carbons (Fsp3) is 0.400. The van der Waals surface area contributed by atoms with Gasteiger partial charge in [0.25, 0.3) is 5.91 Å². The van der Waals surface area contributed by atoms with Crippen molar-refractivity contribution in [3.05, 3.63) is 29.3 Å². The minimum atomic E-state index is -0.552. The lowest BCUT2D eigenvalue weighted by Gasteiger charge is -2.22. The lowest BCUT2D eigenvalue weighted by atomic mass is 10.1. The average molecular weight is 274 g/mol. The molecule has 1 aliphatic heterocycles. The number of hydrogen-bond acceptors (Lipinski definition) is 4. The summed E-state index contributed by atoms with van der Waals surface area (Å²) >= 11 is 0. The van der Waals surface area contributed by atoms with Gasteiger partial charge in [-0.3, -0.25) is 4.79 Å². The lowest BCUT2D eigenvalue weighted by Crippen LogP contribution is -2.39. The van der Waals surface area contributed by atoms with E-state index in [0.717, 1.165) is 11.1 Å². The van der Waals surface area contributed by atoms with Gasteiger partial charge in [0.1, 0.15) is 0 Å². The molecular formula is C15H18N2O3. The number of amides is 1. The summed E-state index contributed by atoms with van der Waals surface area (Å²) in [5.41, 5.74) is 7.96. The first kappa shape index (κ1) is 14.5. The van der Waals surface area contributed by atoms with Gasteiger partial charge in [-0.1, -0.05) is 17.9 Å². The highest BCUT2D eigenvalue weighted by molar-refractivity contribution is 5.94. The molecule has 1 aliphatic rings. The number of nitrogens with two attached hydrogens (primary N) is 1. The molecule has 5 nitrogen and oxygen atoms in total.